The van der Waals surface area contributed by atoms with Gasteiger partial charge in [-0.1, -0.05) is 90.4 Å². The van der Waals surface area contributed by atoms with Crippen molar-refractivity contribution in [3.05, 3.63) is 17.8 Å². The summed E-state index contributed by atoms with van der Waals surface area (Å²) in [5.74, 6) is 0.525. The van der Waals surface area contributed by atoms with E-state index < -0.39 is 0 Å². The third-order valence-corrected chi connectivity index (χ3v) is 5.93. The zero-order valence-corrected chi connectivity index (χ0v) is 18.6. The third-order valence-electron chi connectivity index (χ3n) is 5.93. The highest BCUT2D eigenvalue weighted by Crippen LogP contribution is 2.22. The van der Waals surface area contributed by atoms with Gasteiger partial charge in [-0.3, -0.25) is 4.79 Å². The van der Waals surface area contributed by atoms with Gasteiger partial charge in [-0.25, -0.2) is 4.98 Å². The second-order valence-corrected chi connectivity index (χ2v) is 8.57. The molecule has 5 heteroatoms. The molecule has 0 aliphatic carbocycles. The quantitative estimate of drug-likeness (QED) is 0.298. The minimum absolute atomic E-state index is 0.118. The number of aromatic nitrogens is 1. The van der Waals surface area contributed by atoms with Crippen LogP contribution >= 0.6 is 0 Å². The van der Waals surface area contributed by atoms with Crippen molar-refractivity contribution < 1.29 is 9.21 Å². The molecule has 5 nitrogen and oxygen atoms in total. The van der Waals surface area contributed by atoms with E-state index in [-0.39, 0.29) is 11.9 Å². The van der Waals surface area contributed by atoms with Gasteiger partial charge in [-0.15, -0.1) is 0 Å². The van der Waals surface area contributed by atoms with Crippen LogP contribution in [0, 0.1) is 0 Å². The lowest BCUT2D eigenvalue weighted by Crippen LogP contribution is -2.25. The van der Waals surface area contributed by atoms with Crippen molar-refractivity contribution in [2.45, 2.75) is 116 Å². The number of hydrogen-bond donors (Lipinski definition) is 2. The zero-order chi connectivity index (χ0) is 20.6. The van der Waals surface area contributed by atoms with Crippen LogP contribution in [0.15, 0.2) is 10.7 Å². The topological polar surface area (TPSA) is 67.2 Å². The third kappa shape index (κ3) is 10.3. The van der Waals surface area contributed by atoms with Crippen LogP contribution in [-0.4, -0.2) is 24.0 Å². The molecule has 0 saturated carbocycles. The van der Waals surface area contributed by atoms with Crippen LogP contribution in [0.4, 0.5) is 0 Å². The smallest absolute Gasteiger partial charge is 0.273 e. The van der Waals surface area contributed by atoms with E-state index in [2.05, 4.69) is 22.5 Å². The van der Waals surface area contributed by atoms with Gasteiger partial charge in [-0.2, -0.15) is 0 Å². The molecule has 2 rings (SSSR count). The van der Waals surface area contributed by atoms with Crippen LogP contribution in [0.25, 0.3) is 0 Å². The zero-order valence-electron chi connectivity index (χ0n) is 18.6. The number of carbonyl (C=O) groups is 1. The van der Waals surface area contributed by atoms with Crippen LogP contribution in [0.3, 0.4) is 0 Å². The van der Waals surface area contributed by atoms with Crippen molar-refractivity contribution in [3.8, 4) is 0 Å². The molecule has 166 valence electrons. The molecule has 1 fully saturated rings. The molecule has 1 aromatic rings. The van der Waals surface area contributed by atoms with Gasteiger partial charge in [0.2, 0.25) is 5.89 Å². The summed E-state index contributed by atoms with van der Waals surface area (Å²) in [5, 5.41) is 6.30. The maximum Gasteiger partial charge on any atom is 0.273 e. The minimum atomic E-state index is -0.118. The van der Waals surface area contributed by atoms with Gasteiger partial charge in [0.15, 0.2) is 5.69 Å². The number of amides is 1. The Morgan fingerprint density at radius 3 is 2.14 bits per heavy atom. The van der Waals surface area contributed by atoms with Gasteiger partial charge in [0.25, 0.3) is 5.91 Å². The molecule has 2 N–H and O–H groups in total. The van der Waals surface area contributed by atoms with Gasteiger partial charge < -0.3 is 15.1 Å². The van der Waals surface area contributed by atoms with Gasteiger partial charge in [0.1, 0.15) is 6.26 Å². The van der Waals surface area contributed by atoms with Crippen molar-refractivity contribution in [2.75, 3.05) is 13.1 Å². The molecule has 29 heavy (non-hydrogen) atoms. The van der Waals surface area contributed by atoms with E-state index in [9.17, 15) is 4.79 Å². The van der Waals surface area contributed by atoms with E-state index in [0.717, 1.165) is 32.4 Å². The molecule has 1 amide bonds. The van der Waals surface area contributed by atoms with Crippen LogP contribution in [0.5, 0.6) is 0 Å². The van der Waals surface area contributed by atoms with Gasteiger partial charge in [0.05, 0.1) is 6.04 Å². The maximum absolute atomic E-state index is 12.2. The van der Waals surface area contributed by atoms with Crippen molar-refractivity contribution in [1.82, 2.24) is 15.6 Å². The van der Waals surface area contributed by atoms with Crippen molar-refractivity contribution in [1.29, 1.82) is 0 Å². The molecule has 2 heterocycles. The van der Waals surface area contributed by atoms with Crippen molar-refractivity contribution in [2.24, 2.45) is 0 Å². The Morgan fingerprint density at radius 2 is 1.59 bits per heavy atom. The molecular formula is C24H43N3O2. The lowest BCUT2D eigenvalue weighted by Gasteiger charge is -2.05. The summed E-state index contributed by atoms with van der Waals surface area (Å²) in [7, 11) is 0. The number of hydrogen-bond acceptors (Lipinski definition) is 4. The maximum atomic E-state index is 12.2. The summed E-state index contributed by atoms with van der Waals surface area (Å²) in [6.07, 6.45) is 22.5. The molecule has 1 aliphatic rings. The molecule has 0 bridgehead atoms. The monoisotopic (exact) mass is 405 g/mol. The van der Waals surface area contributed by atoms with Gasteiger partial charge in [0, 0.05) is 6.54 Å². The summed E-state index contributed by atoms with van der Waals surface area (Å²) in [6, 6.07) is 0.169. The minimum Gasteiger partial charge on any atom is -0.446 e. The highest BCUT2D eigenvalue weighted by Gasteiger charge is 2.22. The normalized spacial score (nSPS) is 16.4. The number of rotatable bonds is 17. The Kier molecular flexibility index (Phi) is 12.8. The molecule has 0 radical (unpaired) electrons. The van der Waals surface area contributed by atoms with Crippen LogP contribution < -0.4 is 10.6 Å². The number of unbranched alkanes of at least 4 members (excludes halogenated alkanes) is 13. The van der Waals surface area contributed by atoms with Crippen LogP contribution in [0.2, 0.25) is 0 Å². The SMILES string of the molecule is CCCCCCCCCCCCCCCCNC(=O)c1coc(C2CCCN2)n1. The molecule has 1 aliphatic heterocycles. The van der Waals surface area contributed by atoms with Crippen LogP contribution in [-0.2, 0) is 0 Å². The summed E-state index contributed by atoms with van der Waals surface area (Å²) in [6.45, 7) is 3.99. The Labute approximate surface area is 177 Å². The Balaban J connectivity index is 1.36. The molecule has 0 aromatic carbocycles. The van der Waals surface area contributed by atoms with E-state index >= 15 is 0 Å². The van der Waals surface area contributed by atoms with E-state index in [0.29, 0.717) is 11.6 Å². The van der Waals surface area contributed by atoms with E-state index in [1.54, 1.807) is 0 Å². The molecule has 0 spiro atoms. The van der Waals surface area contributed by atoms with Gasteiger partial charge in [-0.05, 0) is 25.8 Å². The first-order valence-electron chi connectivity index (χ1n) is 12.3. The first kappa shape index (κ1) is 23.9. The van der Waals surface area contributed by atoms with Crippen molar-refractivity contribution >= 4 is 5.91 Å². The van der Waals surface area contributed by atoms with Gasteiger partial charge >= 0.3 is 0 Å². The summed E-state index contributed by atoms with van der Waals surface area (Å²) in [4.78, 5) is 16.5. The highest BCUT2D eigenvalue weighted by molar-refractivity contribution is 5.91. The fourth-order valence-electron chi connectivity index (χ4n) is 4.06. The lowest BCUT2D eigenvalue weighted by molar-refractivity contribution is 0.0948. The summed E-state index contributed by atoms with van der Waals surface area (Å²) in [5.41, 5.74) is 0.402. The van der Waals surface area contributed by atoms with E-state index in [4.69, 9.17) is 4.42 Å². The largest absolute Gasteiger partial charge is 0.446 e. The second kappa shape index (κ2) is 15.5. The lowest BCUT2D eigenvalue weighted by atomic mass is 10.0. The average Bonchev–Trinajstić information content (AvgIpc) is 3.42. The first-order valence-corrected chi connectivity index (χ1v) is 12.3. The molecule has 1 atom stereocenters. The molecule has 1 aromatic heterocycles. The summed E-state index contributed by atoms with van der Waals surface area (Å²) >= 11 is 0. The van der Waals surface area contributed by atoms with Crippen molar-refractivity contribution in [3.63, 3.8) is 0 Å². The van der Waals surface area contributed by atoms with Crippen LogP contribution in [0.1, 0.15) is 132 Å². The second-order valence-electron chi connectivity index (χ2n) is 8.57. The highest BCUT2D eigenvalue weighted by atomic mass is 16.3. The number of oxazole rings is 1. The average molecular weight is 406 g/mol. The molecular weight excluding hydrogens is 362 g/mol. The molecule has 1 saturated heterocycles. The number of nitrogens with zero attached hydrogens (tertiary/aromatic N) is 1. The predicted octanol–water partition coefficient (Wildman–Crippen LogP) is 6.31. The summed E-state index contributed by atoms with van der Waals surface area (Å²) < 4.78 is 5.46. The first-order chi connectivity index (χ1) is 14.3. The predicted molar refractivity (Wildman–Crippen MR) is 119 cm³/mol. The number of carbonyl (C=O) groups excluding carboxylic acids is 1. The number of nitrogens with one attached hydrogen (secondary N) is 2. The van der Waals surface area contributed by atoms with E-state index in [1.807, 2.05) is 0 Å². The standard InChI is InChI=1S/C24H43N3O2/c1-2-3-4-5-6-7-8-9-10-11-12-13-14-15-18-26-23(28)22-20-29-24(27-22)21-17-16-19-25-21/h20-21,25H,2-19H2,1H3,(H,26,28). The fraction of sp³-hybridized carbons (Fsp3) is 0.833. The van der Waals surface area contributed by atoms with E-state index in [1.165, 1.54) is 89.7 Å². The molecule has 1 unspecified atom stereocenters. The Morgan fingerprint density at radius 1 is 1.00 bits per heavy atom. The Bertz CT molecular complexity index is 538. The Hall–Kier alpha value is -1.36. The fourth-order valence-corrected chi connectivity index (χ4v) is 4.06.